The van der Waals surface area contributed by atoms with E-state index in [1.54, 1.807) is 0 Å². The summed E-state index contributed by atoms with van der Waals surface area (Å²) in [5.41, 5.74) is 0. The van der Waals surface area contributed by atoms with Gasteiger partial charge >= 0.3 is 0 Å². The summed E-state index contributed by atoms with van der Waals surface area (Å²) in [6, 6.07) is 1.69. The third kappa shape index (κ3) is 2.36. The van der Waals surface area contributed by atoms with Crippen LogP contribution in [0.4, 0.5) is 0 Å². The van der Waals surface area contributed by atoms with E-state index in [-0.39, 0.29) is 0 Å². The molecule has 0 aromatic carbocycles. The van der Waals surface area contributed by atoms with E-state index in [9.17, 15) is 0 Å². The highest BCUT2D eigenvalue weighted by Gasteiger charge is 2.34. The first-order valence-electron chi connectivity index (χ1n) is 6.68. The van der Waals surface area contributed by atoms with E-state index in [1.807, 2.05) is 0 Å². The molecule has 3 unspecified atom stereocenters. The molecular formula is C13H26N2. The Labute approximate surface area is 94.4 Å². The number of hydrogen-bond acceptors (Lipinski definition) is 2. The number of nitrogens with zero attached hydrogens (tertiary/aromatic N) is 1. The van der Waals surface area contributed by atoms with Crippen LogP contribution < -0.4 is 5.32 Å². The van der Waals surface area contributed by atoms with Gasteiger partial charge in [0.2, 0.25) is 0 Å². The Bertz CT molecular complexity index is 201. The largest absolute Gasteiger partial charge is 0.314 e. The zero-order chi connectivity index (χ0) is 10.8. The predicted molar refractivity (Wildman–Crippen MR) is 65.0 cm³/mol. The monoisotopic (exact) mass is 210 g/mol. The van der Waals surface area contributed by atoms with Crippen LogP contribution in [0.3, 0.4) is 0 Å². The molecule has 88 valence electrons. The summed E-state index contributed by atoms with van der Waals surface area (Å²) in [6.07, 6.45) is 4.29. The molecule has 2 fully saturated rings. The quantitative estimate of drug-likeness (QED) is 0.767. The van der Waals surface area contributed by atoms with Crippen molar-refractivity contribution in [3.63, 3.8) is 0 Å². The van der Waals surface area contributed by atoms with Gasteiger partial charge in [0.25, 0.3) is 0 Å². The van der Waals surface area contributed by atoms with Crippen LogP contribution in [0.25, 0.3) is 0 Å². The molecule has 1 heterocycles. The molecule has 3 atom stereocenters. The van der Waals surface area contributed by atoms with E-state index in [2.05, 4.69) is 31.0 Å². The zero-order valence-electron chi connectivity index (χ0n) is 10.5. The van der Waals surface area contributed by atoms with Crippen LogP contribution in [-0.2, 0) is 0 Å². The van der Waals surface area contributed by atoms with Gasteiger partial charge in [-0.2, -0.15) is 0 Å². The summed E-state index contributed by atoms with van der Waals surface area (Å²) in [6.45, 7) is 10.8. The second-order valence-electron chi connectivity index (χ2n) is 5.61. The van der Waals surface area contributed by atoms with Crippen LogP contribution in [0.15, 0.2) is 0 Å². The Morgan fingerprint density at radius 3 is 2.40 bits per heavy atom. The summed E-state index contributed by atoms with van der Waals surface area (Å²) in [5, 5.41) is 3.40. The highest BCUT2D eigenvalue weighted by molar-refractivity contribution is 4.91. The summed E-state index contributed by atoms with van der Waals surface area (Å²) in [7, 11) is 0. The Balaban J connectivity index is 1.94. The minimum absolute atomic E-state index is 0.829. The first kappa shape index (κ1) is 11.4. The van der Waals surface area contributed by atoms with Crippen LogP contribution in [0.5, 0.6) is 0 Å². The third-order valence-electron chi connectivity index (χ3n) is 4.41. The number of rotatable bonds is 3. The number of nitrogens with one attached hydrogen (secondary N) is 1. The summed E-state index contributed by atoms with van der Waals surface area (Å²) < 4.78 is 0. The van der Waals surface area contributed by atoms with Crippen molar-refractivity contribution >= 4 is 0 Å². The molecule has 0 aromatic heterocycles. The normalized spacial score (nSPS) is 38.0. The van der Waals surface area contributed by atoms with Crippen molar-refractivity contribution in [3.8, 4) is 0 Å². The average molecular weight is 210 g/mol. The van der Waals surface area contributed by atoms with Crippen molar-refractivity contribution in [2.24, 2.45) is 11.8 Å². The minimum Gasteiger partial charge on any atom is -0.314 e. The molecule has 2 heteroatoms. The van der Waals surface area contributed by atoms with Gasteiger partial charge in [0.1, 0.15) is 0 Å². The molecule has 1 N–H and O–H groups in total. The fraction of sp³-hybridized carbons (Fsp3) is 1.00. The van der Waals surface area contributed by atoms with Gasteiger partial charge in [0, 0.05) is 25.2 Å². The molecule has 1 aliphatic heterocycles. The van der Waals surface area contributed by atoms with Crippen LogP contribution in [0.2, 0.25) is 0 Å². The maximum absolute atomic E-state index is 3.40. The average Bonchev–Trinajstić information content (AvgIpc) is 2.12. The molecule has 1 aliphatic carbocycles. The predicted octanol–water partition coefficient (Wildman–Crippen LogP) is 2.10. The molecule has 0 radical (unpaired) electrons. The van der Waals surface area contributed by atoms with E-state index in [1.165, 1.54) is 38.9 Å². The first-order valence-corrected chi connectivity index (χ1v) is 6.68. The zero-order valence-corrected chi connectivity index (χ0v) is 10.5. The van der Waals surface area contributed by atoms with Crippen molar-refractivity contribution in [1.82, 2.24) is 10.2 Å². The van der Waals surface area contributed by atoms with Gasteiger partial charge in [-0.3, -0.25) is 4.90 Å². The highest BCUT2D eigenvalue weighted by Crippen LogP contribution is 2.33. The van der Waals surface area contributed by atoms with Gasteiger partial charge in [0.05, 0.1) is 0 Å². The Morgan fingerprint density at radius 2 is 1.93 bits per heavy atom. The molecule has 0 aromatic rings. The second kappa shape index (κ2) is 4.84. The molecule has 2 rings (SSSR count). The Kier molecular flexibility index (Phi) is 3.68. The molecule has 0 bridgehead atoms. The maximum atomic E-state index is 3.40. The van der Waals surface area contributed by atoms with Gasteiger partial charge in [0.15, 0.2) is 0 Å². The number of likely N-dealkylation sites (N-methyl/N-ethyl adjacent to an activating group) is 1. The fourth-order valence-electron chi connectivity index (χ4n) is 3.41. The molecule has 0 amide bonds. The first-order chi connectivity index (χ1) is 7.22. The van der Waals surface area contributed by atoms with E-state index >= 15 is 0 Å². The van der Waals surface area contributed by atoms with Gasteiger partial charge in [-0.05, 0) is 37.6 Å². The summed E-state index contributed by atoms with van der Waals surface area (Å²) >= 11 is 0. The highest BCUT2D eigenvalue weighted by atomic mass is 15.3. The molecule has 1 saturated carbocycles. The fourth-order valence-corrected chi connectivity index (χ4v) is 3.41. The SMILES string of the molecule is CCN(C1CNC1)C1CCC(C)CC1C. The van der Waals surface area contributed by atoms with E-state index in [4.69, 9.17) is 0 Å². The van der Waals surface area contributed by atoms with Crippen LogP contribution in [0.1, 0.15) is 40.0 Å². The second-order valence-corrected chi connectivity index (χ2v) is 5.61. The Hall–Kier alpha value is -0.0800. The van der Waals surface area contributed by atoms with Gasteiger partial charge in [-0.15, -0.1) is 0 Å². The maximum Gasteiger partial charge on any atom is 0.0348 e. The lowest BCUT2D eigenvalue weighted by atomic mass is 9.78. The van der Waals surface area contributed by atoms with Crippen molar-refractivity contribution in [1.29, 1.82) is 0 Å². The van der Waals surface area contributed by atoms with Crippen LogP contribution in [0, 0.1) is 11.8 Å². The van der Waals surface area contributed by atoms with Crippen molar-refractivity contribution < 1.29 is 0 Å². The molecule has 1 saturated heterocycles. The lowest BCUT2D eigenvalue weighted by Crippen LogP contribution is -2.61. The smallest absolute Gasteiger partial charge is 0.0348 e. The number of hydrogen-bond donors (Lipinski definition) is 1. The minimum atomic E-state index is 0.829. The summed E-state index contributed by atoms with van der Waals surface area (Å²) in [5.74, 6) is 1.85. The van der Waals surface area contributed by atoms with Crippen molar-refractivity contribution in [3.05, 3.63) is 0 Å². The molecule has 0 spiro atoms. The molecule has 2 nitrogen and oxygen atoms in total. The van der Waals surface area contributed by atoms with Gasteiger partial charge < -0.3 is 5.32 Å². The van der Waals surface area contributed by atoms with Crippen molar-refractivity contribution in [2.45, 2.75) is 52.1 Å². The Morgan fingerprint density at radius 1 is 1.20 bits per heavy atom. The summed E-state index contributed by atoms with van der Waals surface area (Å²) in [4.78, 5) is 2.76. The third-order valence-corrected chi connectivity index (χ3v) is 4.41. The van der Waals surface area contributed by atoms with Crippen LogP contribution >= 0.6 is 0 Å². The van der Waals surface area contributed by atoms with Crippen LogP contribution in [-0.4, -0.2) is 36.6 Å². The van der Waals surface area contributed by atoms with Crippen molar-refractivity contribution in [2.75, 3.05) is 19.6 Å². The van der Waals surface area contributed by atoms with E-state index < -0.39 is 0 Å². The van der Waals surface area contributed by atoms with Gasteiger partial charge in [-0.1, -0.05) is 20.8 Å². The van der Waals surface area contributed by atoms with E-state index in [0.717, 1.165) is 23.9 Å². The lowest BCUT2D eigenvalue weighted by Gasteiger charge is -2.47. The molecular weight excluding hydrogens is 184 g/mol. The topological polar surface area (TPSA) is 15.3 Å². The molecule has 2 aliphatic rings. The lowest BCUT2D eigenvalue weighted by molar-refractivity contribution is 0.0394. The van der Waals surface area contributed by atoms with E-state index in [0.29, 0.717) is 0 Å². The standard InChI is InChI=1S/C13H26N2/c1-4-15(12-8-14-9-12)13-6-5-10(2)7-11(13)3/h10-14H,4-9H2,1-3H3. The van der Waals surface area contributed by atoms with Gasteiger partial charge in [-0.25, -0.2) is 0 Å². The molecule has 15 heavy (non-hydrogen) atoms.